The van der Waals surface area contributed by atoms with Crippen molar-refractivity contribution >= 4 is 0 Å². The molecule has 20 heavy (non-hydrogen) atoms. The van der Waals surface area contributed by atoms with E-state index in [1.54, 1.807) is 6.26 Å². The van der Waals surface area contributed by atoms with E-state index >= 15 is 0 Å². The molecule has 3 nitrogen and oxygen atoms in total. The molecule has 1 fully saturated rings. The quantitative estimate of drug-likeness (QED) is 0.874. The third-order valence-electron chi connectivity index (χ3n) is 4.10. The fraction of sp³-hybridized carbons (Fsp3) is 0.765. The Morgan fingerprint density at radius 1 is 1.30 bits per heavy atom. The first-order valence-corrected chi connectivity index (χ1v) is 7.87. The van der Waals surface area contributed by atoms with E-state index in [1.807, 2.05) is 6.07 Å². The van der Waals surface area contributed by atoms with Gasteiger partial charge in [0.2, 0.25) is 0 Å². The Kier molecular flexibility index (Phi) is 5.28. The highest BCUT2D eigenvalue weighted by atomic mass is 16.5. The van der Waals surface area contributed by atoms with E-state index in [2.05, 4.69) is 33.0 Å². The third kappa shape index (κ3) is 4.64. The van der Waals surface area contributed by atoms with Crippen LogP contribution in [0.1, 0.15) is 64.7 Å². The minimum atomic E-state index is 0.100. The van der Waals surface area contributed by atoms with Crippen LogP contribution in [0.25, 0.3) is 0 Å². The van der Waals surface area contributed by atoms with Gasteiger partial charge in [0.15, 0.2) is 0 Å². The molecule has 0 saturated heterocycles. The first-order chi connectivity index (χ1) is 9.46. The van der Waals surface area contributed by atoms with Gasteiger partial charge in [-0.2, -0.15) is 0 Å². The van der Waals surface area contributed by atoms with Gasteiger partial charge in [-0.1, -0.05) is 19.8 Å². The summed E-state index contributed by atoms with van der Waals surface area (Å²) < 4.78 is 11.7. The molecule has 1 aromatic heterocycles. The van der Waals surface area contributed by atoms with E-state index in [0.717, 1.165) is 12.3 Å². The first kappa shape index (κ1) is 15.6. The van der Waals surface area contributed by atoms with Crippen LogP contribution in [0.2, 0.25) is 0 Å². The summed E-state index contributed by atoms with van der Waals surface area (Å²) in [5, 5.41) is 3.46. The highest BCUT2D eigenvalue weighted by Gasteiger charge is 2.22. The largest absolute Gasteiger partial charge is 0.468 e. The molecule has 2 rings (SSSR count). The topological polar surface area (TPSA) is 34.4 Å². The molecule has 1 saturated carbocycles. The summed E-state index contributed by atoms with van der Waals surface area (Å²) in [6, 6.07) is 2.03. The van der Waals surface area contributed by atoms with Crippen molar-refractivity contribution in [1.82, 2.24) is 5.32 Å². The highest BCUT2D eigenvalue weighted by molar-refractivity contribution is 5.16. The second-order valence-corrected chi connectivity index (χ2v) is 7.08. The van der Waals surface area contributed by atoms with Crippen LogP contribution in [0.15, 0.2) is 16.7 Å². The van der Waals surface area contributed by atoms with E-state index in [9.17, 15) is 0 Å². The van der Waals surface area contributed by atoms with Gasteiger partial charge in [0, 0.05) is 11.1 Å². The molecule has 1 N–H and O–H groups in total. The van der Waals surface area contributed by atoms with E-state index in [-0.39, 0.29) is 5.54 Å². The number of rotatable bonds is 5. The number of ether oxygens (including phenoxy) is 1. The molecule has 2 unspecified atom stereocenters. The molecule has 2 atom stereocenters. The predicted octanol–water partition coefficient (Wildman–Crippen LogP) is 4.26. The van der Waals surface area contributed by atoms with E-state index in [0.29, 0.717) is 18.6 Å². The van der Waals surface area contributed by atoms with Crippen molar-refractivity contribution in [2.45, 2.75) is 78.2 Å². The molecule has 3 heteroatoms. The maximum absolute atomic E-state index is 6.12. The smallest absolute Gasteiger partial charge is 0.123 e. The fourth-order valence-electron chi connectivity index (χ4n) is 2.72. The Bertz CT molecular complexity index is 405. The summed E-state index contributed by atoms with van der Waals surface area (Å²) in [4.78, 5) is 0. The summed E-state index contributed by atoms with van der Waals surface area (Å²) in [7, 11) is 0. The summed E-state index contributed by atoms with van der Waals surface area (Å²) in [5.41, 5.74) is 1.28. The SMILES string of the molecule is CC1CCCCC1OCc1ccoc1CNC(C)(C)C. The van der Waals surface area contributed by atoms with Crippen LogP contribution in [0.5, 0.6) is 0 Å². The summed E-state index contributed by atoms with van der Waals surface area (Å²) >= 11 is 0. The zero-order valence-electron chi connectivity index (χ0n) is 13.4. The molecule has 0 spiro atoms. The Hall–Kier alpha value is -0.800. The zero-order valence-corrected chi connectivity index (χ0v) is 13.4. The molecular formula is C17H29NO2. The first-order valence-electron chi connectivity index (χ1n) is 7.87. The van der Waals surface area contributed by atoms with Gasteiger partial charge in [0.1, 0.15) is 5.76 Å². The van der Waals surface area contributed by atoms with Crippen LogP contribution < -0.4 is 5.32 Å². The minimum Gasteiger partial charge on any atom is -0.468 e. The predicted molar refractivity (Wildman–Crippen MR) is 81.5 cm³/mol. The standard InChI is InChI=1S/C17H29NO2/c1-13-7-5-6-8-15(13)20-12-14-9-10-19-16(14)11-18-17(2,3)4/h9-10,13,15,18H,5-8,11-12H2,1-4H3. The fourth-order valence-corrected chi connectivity index (χ4v) is 2.72. The monoisotopic (exact) mass is 279 g/mol. The van der Waals surface area contributed by atoms with Gasteiger partial charge in [-0.15, -0.1) is 0 Å². The third-order valence-corrected chi connectivity index (χ3v) is 4.10. The molecular weight excluding hydrogens is 250 g/mol. The van der Waals surface area contributed by atoms with Gasteiger partial charge in [-0.05, 0) is 45.6 Å². The van der Waals surface area contributed by atoms with Gasteiger partial charge in [-0.3, -0.25) is 0 Å². The van der Waals surface area contributed by atoms with Crippen molar-refractivity contribution in [3.63, 3.8) is 0 Å². The number of furan rings is 1. The van der Waals surface area contributed by atoms with E-state index in [1.165, 1.54) is 31.2 Å². The van der Waals surface area contributed by atoms with Crippen LogP contribution in [-0.2, 0) is 17.9 Å². The van der Waals surface area contributed by atoms with Crippen molar-refractivity contribution in [2.75, 3.05) is 0 Å². The average molecular weight is 279 g/mol. The van der Waals surface area contributed by atoms with Gasteiger partial charge in [-0.25, -0.2) is 0 Å². The normalized spacial score (nSPS) is 24.0. The Labute approximate surface area is 123 Å². The van der Waals surface area contributed by atoms with E-state index in [4.69, 9.17) is 9.15 Å². The summed E-state index contributed by atoms with van der Waals surface area (Å²) in [6.45, 7) is 10.2. The van der Waals surface area contributed by atoms with Crippen LogP contribution in [-0.4, -0.2) is 11.6 Å². The number of hydrogen-bond donors (Lipinski definition) is 1. The maximum atomic E-state index is 6.12. The second-order valence-electron chi connectivity index (χ2n) is 7.08. The molecule has 0 aromatic carbocycles. The van der Waals surface area contributed by atoms with Gasteiger partial charge < -0.3 is 14.5 Å². The minimum absolute atomic E-state index is 0.100. The zero-order chi connectivity index (χ0) is 14.6. The van der Waals surface area contributed by atoms with Crippen molar-refractivity contribution in [1.29, 1.82) is 0 Å². The molecule has 0 amide bonds. The van der Waals surface area contributed by atoms with Gasteiger partial charge in [0.25, 0.3) is 0 Å². The lowest BCUT2D eigenvalue weighted by atomic mass is 9.88. The molecule has 1 aromatic rings. The molecule has 1 heterocycles. The summed E-state index contributed by atoms with van der Waals surface area (Å²) in [5.74, 6) is 1.69. The number of hydrogen-bond acceptors (Lipinski definition) is 3. The van der Waals surface area contributed by atoms with Crippen LogP contribution in [0.3, 0.4) is 0 Å². The van der Waals surface area contributed by atoms with Crippen LogP contribution in [0, 0.1) is 5.92 Å². The van der Waals surface area contributed by atoms with Crippen LogP contribution in [0.4, 0.5) is 0 Å². The molecule has 1 aliphatic carbocycles. The summed E-state index contributed by atoms with van der Waals surface area (Å²) in [6.07, 6.45) is 7.35. The average Bonchev–Trinajstić information content (AvgIpc) is 2.82. The lowest BCUT2D eigenvalue weighted by Crippen LogP contribution is -2.35. The lowest BCUT2D eigenvalue weighted by Gasteiger charge is -2.28. The molecule has 0 aliphatic heterocycles. The Balaban J connectivity index is 1.85. The van der Waals surface area contributed by atoms with Crippen LogP contribution >= 0.6 is 0 Å². The number of nitrogens with one attached hydrogen (secondary N) is 1. The van der Waals surface area contributed by atoms with Gasteiger partial charge >= 0.3 is 0 Å². The Morgan fingerprint density at radius 2 is 2.05 bits per heavy atom. The Morgan fingerprint density at radius 3 is 2.75 bits per heavy atom. The van der Waals surface area contributed by atoms with Crippen molar-refractivity contribution in [3.05, 3.63) is 23.7 Å². The molecule has 1 aliphatic rings. The highest BCUT2D eigenvalue weighted by Crippen LogP contribution is 2.27. The maximum Gasteiger partial charge on any atom is 0.123 e. The van der Waals surface area contributed by atoms with Crippen molar-refractivity contribution < 1.29 is 9.15 Å². The second kappa shape index (κ2) is 6.77. The lowest BCUT2D eigenvalue weighted by molar-refractivity contribution is -0.0160. The molecule has 0 radical (unpaired) electrons. The van der Waals surface area contributed by atoms with Crippen molar-refractivity contribution in [2.24, 2.45) is 5.92 Å². The molecule has 0 bridgehead atoms. The van der Waals surface area contributed by atoms with E-state index < -0.39 is 0 Å². The van der Waals surface area contributed by atoms with Crippen molar-refractivity contribution in [3.8, 4) is 0 Å². The van der Waals surface area contributed by atoms with Gasteiger partial charge in [0.05, 0.1) is 25.5 Å². The molecule has 114 valence electrons.